The van der Waals surface area contributed by atoms with Crippen molar-refractivity contribution in [1.82, 2.24) is 9.55 Å². The first-order valence-corrected chi connectivity index (χ1v) is 6.46. The van der Waals surface area contributed by atoms with E-state index in [4.69, 9.17) is 5.11 Å². The highest BCUT2D eigenvalue weighted by Crippen LogP contribution is 2.15. The molecular weight excluding hydrogens is 248 g/mol. The minimum absolute atomic E-state index is 0.123. The smallest absolute Gasteiger partial charge is 0.104 e. The number of aliphatic hydroxyl groups excluding tert-OH is 1. The fraction of sp³-hybridized carbons (Fsp3) is 0.118. The lowest BCUT2D eigenvalue weighted by atomic mass is 10.1. The zero-order valence-corrected chi connectivity index (χ0v) is 11.0. The maximum absolute atomic E-state index is 8.83. The summed E-state index contributed by atoms with van der Waals surface area (Å²) in [5, 5.41) is 8.83. The summed E-state index contributed by atoms with van der Waals surface area (Å²) in [6.07, 6.45) is 1.85. The van der Waals surface area contributed by atoms with Crippen LogP contribution in [0.5, 0.6) is 0 Å². The second kappa shape index (κ2) is 5.60. The van der Waals surface area contributed by atoms with Crippen molar-refractivity contribution < 1.29 is 5.11 Å². The molecule has 1 aromatic heterocycles. The fourth-order valence-corrected chi connectivity index (χ4v) is 2.23. The summed E-state index contributed by atoms with van der Waals surface area (Å²) in [6.45, 7) is 0.596. The minimum atomic E-state index is -0.123. The van der Waals surface area contributed by atoms with E-state index >= 15 is 0 Å². The molecule has 0 saturated carbocycles. The van der Waals surface area contributed by atoms with Gasteiger partial charge >= 0.3 is 0 Å². The van der Waals surface area contributed by atoms with Crippen molar-refractivity contribution in [1.29, 1.82) is 0 Å². The van der Waals surface area contributed by atoms with Crippen LogP contribution in [0.4, 0.5) is 0 Å². The van der Waals surface area contributed by atoms with Gasteiger partial charge in [-0.25, -0.2) is 4.98 Å². The van der Waals surface area contributed by atoms with Crippen molar-refractivity contribution in [3.05, 3.63) is 66.0 Å². The number of benzene rings is 2. The molecule has 1 N–H and O–H groups in total. The van der Waals surface area contributed by atoms with Gasteiger partial charge in [-0.15, -0.1) is 0 Å². The molecule has 0 aliphatic carbocycles. The van der Waals surface area contributed by atoms with Gasteiger partial charge in [0.05, 0.1) is 23.9 Å². The second-order valence-corrected chi connectivity index (χ2v) is 4.48. The largest absolute Gasteiger partial charge is 0.384 e. The number of aliphatic hydroxyl groups is 1. The van der Waals surface area contributed by atoms with Crippen LogP contribution in [-0.2, 0) is 6.54 Å². The van der Waals surface area contributed by atoms with Crippen LogP contribution >= 0.6 is 0 Å². The van der Waals surface area contributed by atoms with Gasteiger partial charge in [0.1, 0.15) is 6.61 Å². The molecule has 0 saturated heterocycles. The van der Waals surface area contributed by atoms with Crippen LogP contribution in [0.25, 0.3) is 11.0 Å². The third-order valence-electron chi connectivity index (χ3n) is 3.19. The molecule has 98 valence electrons. The van der Waals surface area contributed by atoms with Crippen LogP contribution in [0.2, 0.25) is 0 Å². The van der Waals surface area contributed by atoms with Gasteiger partial charge < -0.3 is 9.67 Å². The normalized spacial score (nSPS) is 10.2. The van der Waals surface area contributed by atoms with Gasteiger partial charge in [-0.2, -0.15) is 0 Å². The van der Waals surface area contributed by atoms with E-state index in [2.05, 4.69) is 33.5 Å². The molecule has 3 rings (SSSR count). The average Bonchev–Trinajstić information content (AvgIpc) is 2.90. The Hall–Kier alpha value is -2.57. The highest BCUT2D eigenvalue weighted by Gasteiger charge is 2.04. The molecule has 0 atom stereocenters. The molecule has 0 aliphatic rings. The average molecular weight is 262 g/mol. The van der Waals surface area contributed by atoms with Crippen molar-refractivity contribution in [2.75, 3.05) is 6.61 Å². The number of nitrogens with zero attached hydrogens (tertiary/aromatic N) is 2. The summed E-state index contributed by atoms with van der Waals surface area (Å²) in [7, 11) is 0. The van der Waals surface area contributed by atoms with Crippen LogP contribution < -0.4 is 0 Å². The molecule has 0 spiro atoms. The van der Waals surface area contributed by atoms with Crippen LogP contribution in [0.15, 0.2) is 54.9 Å². The molecule has 0 unspecified atom stereocenters. The number of aromatic nitrogens is 2. The van der Waals surface area contributed by atoms with E-state index < -0.39 is 0 Å². The maximum Gasteiger partial charge on any atom is 0.104 e. The third kappa shape index (κ3) is 2.42. The first-order valence-electron chi connectivity index (χ1n) is 6.46. The SMILES string of the molecule is OCC#Cc1ccccc1Cn1cnc2ccccc21. The number of hydrogen-bond donors (Lipinski definition) is 1. The molecule has 0 bridgehead atoms. The predicted octanol–water partition coefficient (Wildman–Crippen LogP) is 2.43. The van der Waals surface area contributed by atoms with Crippen LogP contribution in [0, 0.1) is 11.8 Å². The van der Waals surface area contributed by atoms with Gasteiger partial charge in [0.15, 0.2) is 0 Å². The van der Waals surface area contributed by atoms with E-state index in [1.165, 1.54) is 0 Å². The lowest BCUT2D eigenvalue weighted by Gasteiger charge is -2.07. The zero-order chi connectivity index (χ0) is 13.8. The van der Waals surface area contributed by atoms with E-state index in [9.17, 15) is 0 Å². The highest BCUT2D eigenvalue weighted by molar-refractivity contribution is 5.75. The summed E-state index contributed by atoms with van der Waals surface area (Å²) in [6, 6.07) is 16.0. The second-order valence-electron chi connectivity index (χ2n) is 4.48. The molecule has 3 aromatic rings. The van der Waals surface area contributed by atoms with E-state index in [0.29, 0.717) is 0 Å². The highest BCUT2D eigenvalue weighted by atomic mass is 16.2. The summed E-state index contributed by atoms with van der Waals surface area (Å²) >= 11 is 0. The Kier molecular flexibility index (Phi) is 3.49. The molecule has 0 fully saturated rings. The molecule has 3 heteroatoms. The topological polar surface area (TPSA) is 38.0 Å². The molecule has 3 nitrogen and oxygen atoms in total. The van der Waals surface area contributed by atoms with Gasteiger partial charge in [0.2, 0.25) is 0 Å². The molecule has 2 aromatic carbocycles. The fourth-order valence-electron chi connectivity index (χ4n) is 2.23. The molecule has 0 radical (unpaired) electrons. The molecular formula is C17H14N2O. The number of rotatable bonds is 2. The minimum Gasteiger partial charge on any atom is -0.384 e. The van der Waals surface area contributed by atoms with Gasteiger partial charge in [0, 0.05) is 5.56 Å². The quantitative estimate of drug-likeness (QED) is 0.720. The standard InChI is InChI=1S/C17H14N2O/c20-11-5-8-14-6-1-2-7-15(14)12-19-13-18-16-9-3-4-10-17(16)19/h1-4,6-7,9-10,13,20H,11-12H2. The Balaban J connectivity index is 1.99. The molecule has 0 aliphatic heterocycles. The molecule has 0 amide bonds. The van der Waals surface area contributed by atoms with Crippen molar-refractivity contribution in [2.24, 2.45) is 0 Å². The Morgan fingerprint density at radius 2 is 1.85 bits per heavy atom. The number of fused-ring (bicyclic) bond motifs is 1. The van der Waals surface area contributed by atoms with Gasteiger partial charge in [0.25, 0.3) is 0 Å². The number of imidazole rings is 1. The van der Waals surface area contributed by atoms with Gasteiger partial charge in [-0.1, -0.05) is 42.2 Å². The monoisotopic (exact) mass is 262 g/mol. The summed E-state index contributed by atoms with van der Waals surface area (Å²) < 4.78 is 2.11. The van der Waals surface area contributed by atoms with Gasteiger partial charge in [-0.3, -0.25) is 0 Å². The Bertz CT molecular complexity index is 793. The Morgan fingerprint density at radius 3 is 2.75 bits per heavy atom. The summed E-state index contributed by atoms with van der Waals surface area (Å²) in [4.78, 5) is 4.39. The Labute approximate surface area is 117 Å². The maximum atomic E-state index is 8.83. The lowest BCUT2D eigenvalue weighted by Crippen LogP contribution is -2.00. The van der Waals surface area contributed by atoms with Gasteiger partial charge in [-0.05, 0) is 23.8 Å². The van der Waals surface area contributed by atoms with Crippen LogP contribution in [0.1, 0.15) is 11.1 Å². The lowest BCUT2D eigenvalue weighted by molar-refractivity contribution is 0.350. The van der Waals surface area contributed by atoms with Crippen LogP contribution in [0.3, 0.4) is 0 Å². The van der Waals surface area contributed by atoms with E-state index in [1.807, 2.05) is 42.7 Å². The molecule has 20 heavy (non-hydrogen) atoms. The van der Waals surface area contributed by atoms with E-state index in [0.717, 1.165) is 28.7 Å². The number of para-hydroxylation sites is 2. The van der Waals surface area contributed by atoms with Crippen molar-refractivity contribution in [3.8, 4) is 11.8 Å². The summed E-state index contributed by atoms with van der Waals surface area (Å²) in [5.74, 6) is 5.69. The molecule has 1 heterocycles. The van der Waals surface area contributed by atoms with Crippen LogP contribution in [-0.4, -0.2) is 21.3 Å². The van der Waals surface area contributed by atoms with Crippen molar-refractivity contribution in [2.45, 2.75) is 6.54 Å². The first kappa shape index (κ1) is 12.5. The van der Waals surface area contributed by atoms with E-state index in [1.54, 1.807) is 0 Å². The van der Waals surface area contributed by atoms with Crippen molar-refractivity contribution >= 4 is 11.0 Å². The number of hydrogen-bond acceptors (Lipinski definition) is 2. The Morgan fingerprint density at radius 1 is 1.05 bits per heavy atom. The zero-order valence-electron chi connectivity index (χ0n) is 11.0. The third-order valence-corrected chi connectivity index (χ3v) is 3.19. The van der Waals surface area contributed by atoms with Crippen molar-refractivity contribution in [3.63, 3.8) is 0 Å². The predicted molar refractivity (Wildman–Crippen MR) is 79.2 cm³/mol. The summed E-state index contributed by atoms with van der Waals surface area (Å²) in [5.41, 5.74) is 4.17. The van der Waals surface area contributed by atoms with E-state index in [-0.39, 0.29) is 6.61 Å². The first-order chi connectivity index (χ1) is 9.88.